The smallest absolute Gasteiger partial charge is 0.303 e. The van der Waals surface area contributed by atoms with E-state index in [1.807, 2.05) is 18.2 Å². The van der Waals surface area contributed by atoms with Crippen molar-refractivity contribution in [2.45, 2.75) is 32.5 Å². The number of carbonyl (C=O) groups is 1. The van der Waals surface area contributed by atoms with Gasteiger partial charge in [-0.05, 0) is 36.4 Å². The highest BCUT2D eigenvalue weighted by Crippen LogP contribution is 2.35. The molecule has 4 rings (SSSR count). The number of anilines is 1. The minimum atomic E-state index is -0.328. The molecule has 0 spiro atoms. The number of carbonyl (C=O) groups excluding carboxylic acids is 1. The number of para-hydroxylation sites is 1. The van der Waals surface area contributed by atoms with Gasteiger partial charge < -0.3 is 14.4 Å². The van der Waals surface area contributed by atoms with Crippen LogP contribution in [0.25, 0.3) is 10.6 Å². The Kier molecular flexibility index (Phi) is 6.95. The molecule has 9 heteroatoms. The zero-order valence-corrected chi connectivity index (χ0v) is 19.2. The number of benzene rings is 2. The van der Waals surface area contributed by atoms with Crippen LogP contribution < -0.4 is 9.64 Å². The molecule has 31 heavy (non-hydrogen) atoms. The maximum atomic E-state index is 10.9. The lowest BCUT2D eigenvalue weighted by molar-refractivity contribution is -0.142. The monoisotopic (exact) mass is 477 g/mol. The second kappa shape index (κ2) is 9.85. The Morgan fingerprint density at radius 1 is 1.10 bits per heavy atom. The Hall–Kier alpha value is -2.35. The number of nitrogens with zero attached hydrogens (tertiary/aromatic N) is 3. The average Bonchev–Trinajstić information content (AvgIpc) is 3.25. The molecule has 6 nitrogen and oxygen atoms in total. The molecule has 162 valence electrons. The second-order valence-electron chi connectivity index (χ2n) is 7.18. The van der Waals surface area contributed by atoms with Crippen LogP contribution in [0.4, 0.5) is 5.69 Å². The van der Waals surface area contributed by atoms with Crippen molar-refractivity contribution in [2.24, 2.45) is 0 Å². The highest BCUT2D eigenvalue weighted by molar-refractivity contribution is 7.14. The third-order valence-corrected chi connectivity index (χ3v) is 6.53. The van der Waals surface area contributed by atoms with Gasteiger partial charge in [0.15, 0.2) is 10.8 Å². The van der Waals surface area contributed by atoms with E-state index in [0.717, 1.165) is 42.2 Å². The zero-order valence-electron chi connectivity index (χ0n) is 16.9. The second-order valence-corrected chi connectivity index (χ2v) is 9.06. The highest BCUT2D eigenvalue weighted by atomic mass is 35.5. The molecule has 0 atom stereocenters. The summed E-state index contributed by atoms with van der Waals surface area (Å²) in [5.74, 6) is 0.240. The van der Waals surface area contributed by atoms with Gasteiger partial charge in [-0.25, -0.2) is 0 Å². The SMILES string of the molecule is CC(=O)OCc1nnc(-c2ccc(N3CCC(Oc4c(Cl)cccc4Cl)CC3)cc2)s1. The molecular weight excluding hydrogens is 457 g/mol. The lowest BCUT2D eigenvalue weighted by Crippen LogP contribution is -2.38. The quantitative estimate of drug-likeness (QED) is 0.429. The van der Waals surface area contributed by atoms with Crippen LogP contribution in [0.3, 0.4) is 0 Å². The summed E-state index contributed by atoms with van der Waals surface area (Å²) in [6, 6.07) is 13.7. The normalized spacial score (nSPS) is 14.5. The predicted octanol–water partition coefficient (Wildman–Crippen LogP) is 5.62. The van der Waals surface area contributed by atoms with Crippen molar-refractivity contribution >= 4 is 46.2 Å². The van der Waals surface area contributed by atoms with Crippen LogP contribution in [-0.4, -0.2) is 35.4 Å². The molecule has 0 saturated carbocycles. The summed E-state index contributed by atoms with van der Waals surface area (Å²) in [7, 11) is 0. The van der Waals surface area contributed by atoms with Crippen molar-refractivity contribution in [1.82, 2.24) is 10.2 Å². The number of aromatic nitrogens is 2. The summed E-state index contributed by atoms with van der Waals surface area (Å²) >= 11 is 13.9. The number of hydrogen-bond donors (Lipinski definition) is 0. The van der Waals surface area contributed by atoms with Crippen LogP contribution in [0.2, 0.25) is 10.0 Å². The van der Waals surface area contributed by atoms with E-state index in [0.29, 0.717) is 20.8 Å². The van der Waals surface area contributed by atoms with Crippen LogP contribution in [0.15, 0.2) is 42.5 Å². The molecule has 3 aromatic rings. The minimum absolute atomic E-state index is 0.0879. The summed E-state index contributed by atoms with van der Waals surface area (Å²) < 4.78 is 11.1. The van der Waals surface area contributed by atoms with Gasteiger partial charge in [0, 0.05) is 44.1 Å². The Morgan fingerprint density at radius 3 is 2.42 bits per heavy atom. The first-order valence-electron chi connectivity index (χ1n) is 9.91. The molecule has 1 aliphatic rings. The average molecular weight is 478 g/mol. The van der Waals surface area contributed by atoms with Gasteiger partial charge in [-0.3, -0.25) is 4.79 Å². The minimum Gasteiger partial charge on any atom is -0.487 e. The van der Waals surface area contributed by atoms with Crippen molar-refractivity contribution in [3.8, 4) is 16.3 Å². The van der Waals surface area contributed by atoms with Gasteiger partial charge in [-0.15, -0.1) is 10.2 Å². The molecule has 0 radical (unpaired) electrons. The van der Waals surface area contributed by atoms with Gasteiger partial charge in [-0.1, -0.05) is 40.6 Å². The van der Waals surface area contributed by atoms with Crippen molar-refractivity contribution < 1.29 is 14.3 Å². The largest absolute Gasteiger partial charge is 0.487 e. The van der Waals surface area contributed by atoms with Gasteiger partial charge in [0.1, 0.15) is 17.7 Å². The zero-order chi connectivity index (χ0) is 21.8. The van der Waals surface area contributed by atoms with Gasteiger partial charge in [-0.2, -0.15) is 0 Å². The van der Waals surface area contributed by atoms with Crippen LogP contribution >= 0.6 is 34.5 Å². The molecular formula is C22H21Cl2N3O3S. The van der Waals surface area contributed by atoms with Gasteiger partial charge >= 0.3 is 5.97 Å². The molecule has 2 aromatic carbocycles. The molecule has 0 N–H and O–H groups in total. The van der Waals surface area contributed by atoms with Crippen LogP contribution in [0, 0.1) is 0 Å². The fraction of sp³-hybridized carbons (Fsp3) is 0.318. The summed E-state index contributed by atoms with van der Waals surface area (Å²) in [4.78, 5) is 13.3. The van der Waals surface area contributed by atoms with E-state index in [1.54, 1.807) is 12.1 Å². The molecule has 1 fully saturated rings. The number of piperidine rings is 1. The molecule has 0 unspecified atom stereocenters. The number of esters is 1. The van der Waals surface area contributed by atoms with Crippen molar-refractivity contribution in [2.75, 3.05) is 18.0 Å². The van der Waals surface area contributed by atoms with E-state index in [2.05, 4.69) is 27.2 Å². The van der Waals surface area contributed by atoms with Gasteiger partial charge in [0.05, 0.1) is 10.0 Å². The van der Waals surface area contributed by atoms with Crippen LogP contribution in [-0.2, 0) is 16.1 Å². The van der Waals surface area contributed by atoms with E-state index in [4.69, 9.17) is 32.7 Å². The summed E-state index contributed by atoms with van der Waals surface area (Å²) in [6.07, 6.45) is 1.86. The molecule has 1 saturated heterocycles. The third-order valence-electron chi connectivity index (χ3n) is 4.99. The van der Waals surface area contributed by atoms with Crippen LogP contribution in [0.1, 0.15) is 24.8 Å². The first kappa shape index (κ1) is 21.9. The Morgan fingerprint density at radius 2 is 1.77 bits per heavy atom. The molecule has 1 aromatic heterocycles. The number of rotatable bonds is 6. The first-order chi connectivity index (χ1) is 15.0. The maximum absolute atomic E-state index is 10.9. The Labute approximate surface area is 194 Å². The predicted molar refractivity (Wildman–Crippen MR) is 123 cm³/mol. The number of ether oxygens (including phenoxy) is 2. The van der Waals surface area contributed by atoms with E-state index < -0.39 is 0 Å². The standard InChI is InChI=1S/C22H21Cl2N3O3S/c1-14(28)29-13-20-25-26-22(31-20)15-5-7-16(8-6-15)27-11-9-17(10-12-27)30-21-18(23)3-2-4-19(21)24/h2-8,17H,9-13H2,1H3. The molecule has 0 amide bonds. The Balaban J connectivity index is 1.34. The molecule has 1 aliphatic heterocycles. The lowest BCUT2D eigenvalue weighted by atomic mass is 10.1. The summed E-state index contributed by atoms with van der Waals surface area (Å²) in [5.41, 5.74) is 2.14. The summed E-state index contributed by atoms with van der Waals surface area (Å²) in [5, 5.41) is 10.8. The van der Waals surface area contributed by atoms with Gasteiger partial charge in [0.25, 0.3) is 0 Å². The van der Waals surface area contributed by atoms with Gasteiger partial charge in [0.2, 0.25) is 0 Å². The van der Waals surface area contributed by atoms with E-state index in [9.17, 15) is 4.79 Å². The molecule has 2 heterocycles. The molecule has 0 aliphatic carbocycles. The third kappa shape index (κ3) is 5.47. The fourth-order valence-corrected chi connectivity index (χ4v) is 4.65. The topological polar surface area (TPSA) is 64.5 Å². The first-order valence-corrected chi connectivity index (χ1v) is 11.5. The lowest BCUT2D eigenvalue weighted by Gasteiger charge is -2.34. The van der Waals surface area contributed by atoms with E-state index in [1.165, 1.54) is 18.3 Å². The number of hydrogen-bond acceptors (Lipinski definition) is 7. The van der Waals surface area contributed by atoms with Crippen molar-refractivity contribution in [3.63, 3.8) is 0 Å². The maximum Gasteiger partial charge on any atom is 0.303 e. The fourth-order valence-electron chi connectivity index (χ4n) is 3.40. The van der Waals surface area contributed by atoms with E-state index in [-0.39, 0.29) is 18.7 Å². The molecule has 0 bridgehead atoms. The summed E-state index contributed by atoms with van der Waals surface area (Å²) in [6.45, 7) is 3.30. The van der Waals surface area contributed by atoms with Crippen molar-refractivity contribution in [1.29, 1.82) is 0 Å². The highest BCUT2D eigenvalue weighted by Gasteiger charge is 2.22. The Bertz CT molecular complexity index is 1030. The van der Waals surface area contributed by atoms with Crippen molar-refractivity contribution in [3.05, 3.63) is 57.5 Å². The van der Waals surface area contributed by atoms with Crippen LogP contribution in [0.5, 0.6) is 5.75 Å². The number of halogens is 2. The van der Waals surface area contributed by atoms with E-state index >= 15 is 0 Å².